The quantitative estimate of drug-likeness (QED) is 0.222. The number of esters is 1. The molecule has 0 bridgehead atoms. The van der Waals surface area contributed by atoms with Crippen molar-refractivity contribution >= 4 is 18.1 Å². The van der Waals surface area contributed by atoms with Crippen LogP contribution in [0.15, 0.2) is 23.1 Å². The third-order valence-electron chi connectivity index (χ3n) is 3.51. The van der Waals surface area contributed by atoms with Crippen LogP contribution >= 0.6 is 0 Å². The van der Waals surface area contributed by atoms with E-state index in [-0.39, 0.29) is 18.7 Å². The predicted octanol–water partition coefficient (Wildman–Crippen LogP) is -0.617. The maximum atomic E-state index is 11.9. The van der Waals surface area contributed by atoms with Crippen LogP contribution in [0.5, 0.6) is 0 Å². The van der Waals surface area contributed by atoms with Crippen molar-refractivity contribution in [2.45, 2.75) is 13.5 Å². The Balaban J connectivity index is 2.37. The van der Waals surface area contributed by atoms with Gasteiger partial charge in [0.15, 0.2) is 0 Å². The zero-order valence-corrected chi connectivity index (χ0v) is 16.2. The highest BCUT2D eigenvalue weighted by Gasteiger charge is 2.10. The van der Waals surface area contributed by atoms with E-state index in [9.17, 15) is 14.4 Å². The highest BCUT2D eigenvalue weighted by Crippen LogP contribution is 2.09. The van der Waals surface area contributed by atoms with Gasteiger partial charge < -0.3 is 34.1 Å². The summed E-state index contributed by atoms with van der Waals surface area (Å²) in [6.07, 6.45) is 2.08. The molecule has 0 radical (unpaired) electrons. The molecular formula is C18H29N3O7. The Labute approximate surface area is 164 Å². The summed E-state index contributed by atoms with van der Waals surface area (Å²) < 4.78 is 22.0. The fourth-order valence-electron chi connectivity index (χ4n) is 2.19. The van der Waals surface area contributed by atoms with Crippen molar-refractivity contribution in [1.29, 1.82) is 0 Å². The molecule has 1 aromatic rings. The highest BCUT2D eigenvalue weighted by molar-refractivity contribution is 5.74. The number of hydrogen-bond donors (Lipinski definition) is 1. The van der Waals surface area contributed by atoms with Crippen molar-refractivity contribution in [3.8, 4) is 0 Å². The minimum absolute atomic E-state index is 0.212. The normalized spacial score (nSPS) is 10.6. The average Bonchev–Trinajstić information content (AvgIpc) is 2.68. The molecule has 1 aromatic heterocycles. The van der Waals surface area contributed by atoms with Gasteiger partial charge in [-0.2, -0.15) is 0 Å². The fourth-order valence-corrected chi connectivity index (χ4v) is 2.19. The van der Waals surface area contributed by atoms with E-state index >= 15 is 0 Å². The third kappa shape index (κ3) is 9.60. The van der Waals surface area contributed by atoms with Crippen molar-refractivity contribution in [2.24, 2.45) is 5.73 Å². The molecule has 0 spiro atoms. The van der Waals surface area contributed by atoms with Crippen molar-refractivity contribution in [3.05, 3.63) is 28.7 Å². The number of pyridine rings is 1. The van der Waals surface area contributed by atoms with E-state index in [2.05, 4.69) is 0 Å². The number of nitrogens with zero attached hydrogens (tertiary/aromatic N) is 2. The van der Waals surface area contributed by atoms with Crippen LogP contribution in [0, 0.1) is 0 Å². The summed E-state index contributed by atoms with van der Waals surface area (Å²) >= 11 is 0. The van der Waals surface area contributed by atoms with Crippen LogP contribution in [-0.2, 0) is 35.1 Å². The van der Waals surface area contributed by atoms with E-state index in [0.29, 0.717) is 64.8 Å². The number of aromatic nitrogens is 1. The van der Waals surface area contributed by atoms with Crippen LogP contribution in [0.3, 0.4) is 0 Å². The topological polar surface area (TPSA) is 122 Å². The van der Waals surface area contributed by atoms with Crippen molar-refractivity contribution in [1.82, 2.24) is 4.57 Å². The number of ether oxygens (including phenoxy) is 4. The lowest BCUT2D eigenvalue weighted by molar-refractivity contribution is -0.143. The standard InChI is InChI=1S/C18H29N3O7/c1-2-28-18(24)14-21-13-16(3-4-17(21)23)20(15-22)6-8-26-10-12-27-11-9-25-7-5-19/h3-4,13,15H,2,5-12,14,19H2,1H3. The molecular weight excluding hydrogens is 370 g/mol. The first-order chi connectivity index (χ1) is 13.6. The van der Waals surface area contributed by atoms with Gasteiger partial charge in [0.2, 0.25) is 6.41 Å². The number of amides is 1. The lowest BCUT2D eigenvalue weighted by Gasteiger charge is -2.18. The highest BCUT2D eigenvalue weighted by atomic mass is 16.5. The maximum absolute atomic E-state index is 11.9. The van der Waals surface area contributed by atoms with Gasteiger partial charge in [0, 0.05) is 25.4 Å². The van der Waals surface area contributed by atoms with Crippen molar-refractivity contribution in [3.63, 3.8) is 0 Å². The largest absolute Gasteiger partial charge is 0.465 e. The van der Waals surface area contributed by atoms with E-state index in [0.717, 1.165) is 0 Å². The molecule has 0 aliphatic carbocycles. The van der Waals surface area contributed by atoms with Crippen LogP contribution in [0.2, 0.25) is 0 Å². The van der Waals surface area contributed by atoms with Crippen LogP contribution in [-0.4, -0.2) is 76.3 Å². The molecule has 0 atom stereocenters. The summed E-state index contributed by atoms with van der Waals surface area (Å²) in [4.78, 5) is 36.2. The van der Waals surface area contributed by atoms with Gasteiger partial charge in [0.25, 0.3) is 5.56 Å². The average molecular weight is 399 g/mol. The number of hydrogen-bond acceptors (Lipinski definition) is 8. The third-order valence-corrected chi connectivity index (χ3v) is 3.51. The first-order valence-electron chi connectivity index (χ1n) is 9.13. The molecule has 158 valence electrons. The number of nitrogens with two attached hydrogens (primary N) is 1. The lowest BCUT2D eigenvalue weighted by atomic mass is 10.3. The summed E-state index contributed by atoms with van der Waals surface area (Å²) in [6, 6.07) is 2.81. The smallest absolute Gasteiger partial charge is 0.326 e. The molecule has 0 fully saturated rings. The summed E-state index contributed by atoms with van der Waals surface area (Å²) in [7, 11) is 0. The number of anilines is 1. The number of rotatable bonds is 16. The molecule has 10 heteroatoms. The van der Waals surface area contributed by atoms with E-state index in [1.165, 1.54) is 27.8 Å². The van der Waals surface area contributed by atoms with Gasteiger partial charge in [0.1, 0.15) is 6.54 Å². The van der Waals surface area contributed by atoms with E-state index < -0.39 is 5.97 Å². The van der Waals surface area contributed by atoms with Crippen molar-refractivity contribution < 1.29 is 28.5 Å². The summed E-state index contributed by atoms with van der Waals surface area (Å²) in [5.74, 6) is -0.517. The second kappa shape index (κ2) is 14.7. The van der Waals surface area contributed by atoms with Crippen LogP contribution in [0.1, 0.15) is 6.92 Å². The van der Waals surface area contributed by atoms with Gasteiger partial charge in [-0.15, -0.1) is 0 Å². The summed E-state index contributed by atoms with van der Waals surface area (Å²) in [6.45, 7) is 5.03. The molecule has 0 aliphatic rings. The maximum Gasteiger partial charge on any atom is 0.326 e. The summed E-state index contributed by atoms with van der Waals surface area (Å²) in [5, 5.41) is 0. The monoisotopic (exact) mass is 399 g/mol. The first-order valence-corrected chi connectivity index (χ1v) is 9.13. The van der Waals surface area contributed by atoms with Gasteiger partial charge in [-0.1, -0.05) is 0 Å². The van der Waals surface area contributed by atoms with Gasteiger partial charge in [-0.05, 0) is 13.0 Å². The van der Waals surface area contributed by atoms with E-state index in [1.54, 1.807) is 6.92 Å². The molecule has 1 heterocycles. The zero-order valence-electron chi connectivity index (χ0n) is 16.2. The Hall–Kier alpha value is -2.27. The van der Waals surface area contributed by atoms with E-state index in [1.807, 2.05) is 0 Å². The molecule has 0 aromatic carbocycles. The SMILES string of the molecule is CCOC(=O)Cn1cc(N(C=O)CCOCCOCCOCCN)ccc1=O. The molecule has 0 unspecified atom stereocenters. The van der Waals surface area contributed by atoms with Crippen molar-refractivity contribution in [2.75, 3.05) is 64.2 Å². The second-order valence-electron chi connectivity index (χ2n) is 5.58. The molecule has 28 heavy (non-hydrogen) atoms. The Morgan fingerprint density at radius 1 is 1.11 bits per heavy atom. The molecule has 1 amide bonds. The van der Waals surface area contributed by atoms with E-state index in [4.69, 9.17) is 24.7 Å². The van der Waals surface area contributed by atoms with Crippen LogP contribution < -0.4 is 16.2 Å². The molecule has 0 saturated carbocycles. The molecule has 0 saturated heterocycles. The number of carbonyl (C=O) groups excluding carboxylic acids is 2. The van der Waals surface area contributed by atoms with Gasteiger partial charge in [0.05, 0.1) is 51.9 Å². The molecule has 0 aliphatic heterocycles. The summed E-state index contributed by atoms with van der Waals surface area (Å²) in [5.41, 5.74) is 5.43. The van der Waals surface area contributed by atoms with Gasteiger partial charge in [-0.25, -0.2) is 0 Å². The minimum Gasteiger partial charge on any atom is -0.465 e. The van der Waals surface area contributed by atoms with Gasteiger partial charge >= 0.3 is 5.97 Å². The Morgan fingerprint density at radius 3 is 2.36 bits per heavy atom. The number of carbonyl (C=O) groups is 2. The van der Waals surface area contributed by atoms with Gasteiger partial charge in [-0.3, -0.25) is 14.4 Å². The van der Waals surface area contributed by atoms with Crippen LogP contribution in [0.4, 0.5) is 5.69 Å². The Bertz CT molecular complexity index is 636. The lowest BCUT2D eigenvalue weighted by Crippen LogP contribution is -2.30. The Morgan fingerprint density at radius 2 is 1.75 bits per heavy atom. The second-order valence-corrected chi connectivity index (χ2v) is 5.58. The zero-order chi connectivity index (χ0) is 20.6. The minimum atomic E-state index is -0.517. The van der Waals surface area contributed by atoms with Crippen LogP contribution in [0.25, 0.3) is 0 Å². The molecule has 2 N–H and O–H groups in total. The Kier molecular flexibility index (Phi) is 12.5. The predicted molar refractivity (Wildman–Crippen MR) is 102 cm³/mol. The molecule has 1 rings (SSSR count). The fraction of sp³-hybridized carbons (Fsp3) is 0.611. The first kappa shape index (κ1) is 23.8. The molecule has 10 nitrogen and oxygen atoms in total.